The second-order valence-electron chi connectivity index (χ2n) is 5.08. The Balaban J connectivity index is 2.09. The number of aliphatic hydroxyl groups excluding tert-OH is 1. The summed E-state index contributed by atoms with van der Waals surface area (Å²) in [6, 6.07) is -0.0451. The Morgan fingerprint density at radius 1 is 1.70 bits per heavy atom. The predicted octanol–water partition coefficient (Wildman–Crippen LogP) is 0.865. The molecule has 0 aliphatic carbocycles. The van der Waals surface area contributed by atoms with Gasteiger partial charge < -0.3 is 15.3 Å². The molecule has 0 aromatic rings. The summed E-state index contributed by atoms with van der Waals surface area (Å²) >= 11 is 1.60. The number of thioether (sulfide) groups is 1. The van der Waals surface area contributed by atoms with Gasteiger partial charge in [-0.2, -0.15) is 0 Å². The number of nitrogens with zero attached hydrogens (tertiary/aromatic N) is 1. The summed E-state index contributed by atoms with van der Waals surface area (Å²) in [5.41, 5.74) is 0.528. The minimum Gasteiger partial charge on any atom is -0.393 e. The summed E-state index contributed by atoms with van der Waals surface area (Å²) in [4.78, 5) is 26.4. The van der Waals surface area contributed by atoms with Crippen LogP contribution >= 0.6 is 11.8 Å². The smallest absolute Gasteiger partial charge is 0.235 e. The van der Waals surface area contributed by atoms with Crippen molar-refractivity contribution in [1.29, 1.82) is 0 Å². The third kappa shape index (κ3) is 2.50. The number of carbonyl (C=O) groups excluding carboxylic acids is 2. The molecule has 2 unspecified atom stereocenters. The van der Waals surface area contributed by atoms with Crippen LogP contribution in [0.15, 0.2) is 23.4 Å². The number of carbonyl (C=O) groups is 2. The summed E-state index contributed by atoms with van der Waals surface area (Å²) in [5, 5.41) is 12.7. The fourth-order valence-electron chi connectivity index (χ4n) is 2.84. The first-order valence-electron chi connectivity index (χ1n) is 6.71. The number of hydrogen-bond donors (Lipinski definition) is 2. The van der Waals surface area contributed by atoms with Crippen LogP contribution in [0.2, 0.25) is 0 Å². The molecule has 110 valence electrons. The molecule has 1 fully saturated rings. The molecule has 0 saturated carbocycles. The van der Waals surface area contributed by atoms with Crippen molar-refractivity contribution < 1.29 is 14.7 Å². The van der Waals surface area contributed by atoms with Crippen LogP contribution in [-0.2, 0) is 9.59 Å². The van der Waals surface area contributed by atoms with Crippen molar-refractivity contribution in [1.82, 2.24) is 10.2 Å². The van der Waals surface area contributed by atoms with E-state index < -0.39 is 6.10 Å². The number of Topliss-reactive ketones (excluding diaryl/α,β-unsaturated/α-hetero) is 1. The van der Waals surface area contributed by atoms with E-state index in [-0.39, 0.29) is 23.7 Å². The van der Waals surface area contributed by atoms with Gasteiger partial charge in [-0.05, 0) is 13.1 Å². The maximum absolute atomic E-state index is 12.1. The maximum Gasteiger partial charge on any atom is 0.235 e. The van der Waals surface area contributed by atoms with Gasteiger partial charge in [0.1, 0.15) is 0 Å². The van der Waals surface area contributed by atoms with Crippen LogP contribution in [0.25, 0.3) is 0 Å². The number of allylic oxidation sites excluding steroid dienone is 1. The number of rotatable bonds is 7. The van der Waals surface area contributed by atoms with E-state index in [2.05, 4.69) is 11.9 Å². The molecule has 2 aliphatic rings. The number of ketones is 1. The van der Waals surface area contributed by atoms with Crippen molar-refractivity contribution in [2.75, 3.05) is 12.3 Å². The Morgan fingerprint density at radius 3 is 2.95 bits per heavy atom. The summed E-state index contributed by atoms with van der Waals surface area (Å²) < 4.78 is 0. The van der Waals surface area contributed by atoms with Crippen LogP contribution in [0.5, 0.6) is 0 Å². The normalized spacial score (nSPS) is 26.1. The van der Waals surface area contributed by atoms with Crippen molar-refractivity contribution in [3.05, 3.63) is 23.4 Å². The molecule has 0 radical (unpaired) electrons. The van der Waals surface area contributed by atoms with E-state index in [4.69, 9.17) is 0 Å². The van der Waals surface area contributed by atoms with Crippen molar-refractivity contribution >= 4 is 23.5 Å². The summed E-state index contributed by atoms with van der Waals surface area (Å²) in [6.07, 6.45) is 1.65. The molecular formula is C14H20N2O3S. The Kier molecular flexibility index (Phi) is 4.55. The Hall–Kier alpha value is -1.27. The first-order chi connectivity index (χ1) is 9.49. The number of nitrogens with one attached hydrogen (secondary N) is 1. The summed E-state index contributed by atoms with van der Waals surface area (Å²) in [6.45, 7) is 7.47. The predicted molar refractivity (Wildman–Crippen MR) is 78.8 cm³/mol. The lowest BCUT2D eigenvalue weighted by Gasteiger charge is -2.44. The van der Waals surface area contributed by atoms with Gasteiger partial charge in [0.15, 0.2) is 5.78 Å². The van der Waals surface area contributed by atoms with Gasteiger partial charge in [0.25, 0.3) is 0 Å². The third-order valence-corrected chi connectivity index (χ3v) is 4.81. The first kappa shape index (κ1) is 15.1. The van der Waals surface area contributed by atoms with Crippen molar-refractivity contribution in [2.24, 2.45) is 5.92 Å². The fourth-order valence-corrected chi connectivity index (χ4v) is 3.97. The lowest BCUT2D eigenvalue weighted by atomic mass is 9.83. The zero-order valence-electron chi connectivity index (χ0n) is 11.8. The number of fused-ring (bicyclic) bond motifs is 1. The highest BCUT2D eigenvalue weighted by Crippen LogP contribution is 2.46. The van der Waals surface area contributed by atoms with Gasteiger partial charge in [-0.1, -0.05) is 6.58 Å². The molecule has 6 heteroatoms. The maximum atomic E-state index is 12.1. The number of hydrogen-bond acceptors (Lipinski definition) is 5. The van der Waals surface area contributed by atoms with Gasteiger partial charge in [0.2, 0.25) is 5.91 Å². The topological polar surface area (TPSA) is 69.6 Å². The zero-order chi connectivity index (χ0) is 14.9. The highest BCUT2D eigenvalue weighted by Gasteiger charge is 2.55. The summed E-state index contributed by atoms with van der Waals surface area (Å²) in [7, 11) is 0. The fraction of sp³-hybridized carbons (Fsp3) is 0.571. The van der Waals surface area contributed by atoms with Gasteiger partial charge in [-0.15, -0.1) is 11.8 Å². The SMILES string of the molecule is C=CNCCSC1=C(C(C)=O)N2C(=O)[C@H](C(C)O)C2C1. The minimum absolute atomic E-state index is 0.0451. The van der Waals surface area contributed by atoms with Crippen LogP contribution in [0.1, 0.15) is 20.3 Å². The molecule has 2 N–H and O–H groups in total. The second kappa shape index (κ2) is 6.01. The van der Waals surface area contributed by atoms with E-state index in [1.54, 1.807) is 29.8 Å². The van der Waals surface area contributed by atoms with Crippen LogP contribution in [0, 0.1) is 5.92 Å². The third-order valence-electron chi connectivity index (χ3n) is 3.69. The second-order valence-corrected chi connectivity index (χ2v) is 6.27. The number of β-lactam (4-membered cyclic amide) rings is 1. The van der Waals surface area contributed by atoms with Gasteiger partial charge in [-0.3, -0.25) is 9.59 Å². The molecule has 2 rings (SSSR count). The van der Waals surface area contributed by atoms with Crippen LogP contribution in [0.3, 0.4) is 0 Å². The monoisotopic (exact) mass is 296 g/mol. The molecule has 0 spiro atoms. The van der Waals surface area contributed by atoms with Crippen LogP contribution in [-0.4, -0.2) is 46.1 Å². The zero-order valence-corrected chi connectivity index (χ0v) is 12.6. The molecule has 0 aromatic carbocycles. The van der Waals surface area contributed by atoms with Crippen LogP contribution in [0.4, 0.5) is 0 Å². The quantitative estimate of drug-likeness (QED) is 0.539. The average Bonchev–Trinajstić information content (AvgIpc) is 2.69. The average molecular weight is 296 g/mol. The molecule has 0 aromatic heterocycles. The van der Waals surface area contributed by atoms with Crippen molar-refractivity contribution in [3.8, 4) is 0 Å². The van der Waals surface area contributed by atoms with Crippen molar-refractivity contribution in [3.63, 3.8) is 0 Å². The van der Waals surface area contributed by atoms with Gasteiger partial charge >= 0.3 is 0 Å². The van der Waals surface area contributed by atoms with E-state index in [1.807, 2.05) is 0 Å². The van der Waals surface area contributed by atoms with E-state index in [9.17, 15) is 14.7 Å². The van der Waals surface area contributed by atoms with Crippen LogP contribution < -0.4 is 5.32 Å². The molecule has 20 heavy (non-hydrogen) atoms. The van der Waals surface area contributed by atoms with Crippen molar-refractivity contribution in [2.45, 2.75) is 32.4 Å². The van der Waals surface area contributed by atoms with E-state index in [0.717, 1.165) is 17.2 Å². The molecule has 2 aliphatic heterocycles. The highest BCUT2D eigenvalue weighted by atomic mass is 32.2. The molecule has 1 saturated heterocycles. The molecule has 5 nitrogen and oxygen atoms in total. The van der Waals surface area contributed by atoms with Gasteiger partial charge in [0.05, 0.1) is 23.8 Å². The molecule has 3 atom stereocenters. The summed E-state index contributed by atoms with van der Waals surface area (Å²) in [5.74, 6) is 0.236. The van der Waals surface area contributed by atoms with E-state index in [0.29, 0.717) is 12.1 Å². The Labute approximate surface area is 123 Å². The highest BCUT2D eigenvalue weighted by molar-refractivity contribution is 8.03. The Bertz CT molecular complexity index is 473. The number of amides is 1. The molecular weight excluding hydrogens is 276 g/mol. The van der Waals surface area contributed by atoms with Gasteiger partial charge in [0, 0.05) is 30.5 Å². The van der Waals surface area contributed by atoms with E-state index in [1.165, 1.54) is 6.92 Å². The molecule has 0 bridgehead atoms. The largest absolute Gasteiger partial charge is 0.393 e. The lowest BCUT2D eigenvalue weighted by molar-refractivity contribution is -0.158. The Morgan fingerprint density at radius 2 is 2.40 bits per heavy atom. The lowest BCUT2D eigenvalue weighted by Crippen LogP contribution is -2.61. The molecule has 1 amide bonds. The minimum atomic E-state index is -0.663. The van der Waals surface area contributed by atoms with E-state index >= 15 is 0 Å². The number of aliphatic hydroxyl groups is 1. The van der Waals surface area contributed by atoms with Gasteiger partial charge in [-0.25, -0.2) is 0 Å². The first-order valence-corrected chi connectivity index (χ1v) is 7.70. The standard InChI is InChI=1S/C14H20N2O3S/c1-4-15-5-6-20-11-7-10-12(8(2)17)14(19)16(10)13(11)9(3)18/h4,8,10,12,15,17H,1,5-7H2,2-3H3/t8?,10?,12-/m1/s1. The molecule has 2 heterocycles.